The van der Waals surface area contributed by atoms with Crippen molar-refractivity contribution in [2.45, 2.75) is 24.5 Å². The third-order valence-electron chi connectivity index (χ3n) is 3.82. The summed E-state index contributed by atoms with van der Waals surface area (Å²) in [5, 5.41) is 20.1. The third-order valence-corrected chi connectivity index (χ3v) is 3.82. The van der Waals surface area contributed by atoms with Crippen LogP contribution in [0.25, 0.3) is 0 Å². The lowest BCUT2D eigenvalue weighted by Crippen LogP contribution is -2.37. The van der Waals surface area contributed by atoms with Crippen molar-refractivity contribution in [3.05, 3.63) is 65.7 Å². The van der Waals surface area contributed by atoms with Crippen molar-refractivity contribution in [3.63, 3.8) is 0 Å². The lowest BCUT2D eigenvalue weighted by molar-refractivity contribution is -0.0600. The Morgan fingerprint density at radius 1 is 1.11 bits per heavy atom. The minimum absolute atomic E-state index is 0.412. The Labute approximate surface area is 147 Å². The molecule has 0 unspecified atom stereocenters. The van der Waals surface area contributed by atoms with E-state index in [-0.39, 0.29) is 0 Å². The summed E-state index contributed by atoms with van der Waals surface area (Å²) in [7, 11) is 0. The number of hydrogen-bond donors (Lipinski definition) is 5. The van der Waals surface area contributed by atoms with Crippen LogP contribution in [0.2, 0.25) is 0 Å². The van der Waals surface area contributed by atoms with Gasteiger partial charge in [-0.05, 0) is 0 Å². The number of esters is 1. The van der Waals surface area contributed by atoms with Gasteiger partial charge in [0.25, 0.3) is 11.1 Å². The number of rotatable bonds is 4. The van der Waals surface area contributed by atoms with E-state index in [1.807, 2.05) is 9.97 Å². The Bertz CT molecular complexity index is 1050. The monoisotopic (exact) mass is 382 g/mol. The summed E-state index contributed by atoms with van der Waals surface area (Å²) in [6.45, 7) is -0.541. The van der Waals surface area contributed by atoms with Crippen LogP contribution in [-0.2, 0) is 9.47 Å². The van der Waals surface area contributed by atoms with Crippen molar-refractivity contribution in [1.29, 1.82) is 0 Å². The van der Waals surface area contributed by atoms with Gasteiger partial charge in [0.2, 0.25) is 0 Å². The van der Waals surface area contributed by atoms with E-state index in [2.05, 4.69) is 4.98 Å². The molecule has 0 radical (unpaired) electrons. The van der Waals surface area contributed by atoms with Crippen LogP contribution in [0.3, 0.4) is 0 Å². The van der Waals surface area contributed by atoms with Crippen LogP contribution in [0.4, 0.5) is 0 Å². The Morgan fingerprint density at radius 2 is 1.85 bits per heavy atom. The van der Waals surface area contributed by atoms with Crippen LogP contribution in [0.5, 0.6) is 0 Å². The van der Waals surface area contributed by atoms with E-state index in [9.17, 15) is 34.2 Å². The number of aliphatic hydroxyl groups is 2. The summed E-state index contributed by atoms with van der Waals surface area (Å²) in [4.78, 5) is 63.0. The predicted octanol–water partition coefficient (Wildman–Crippen LogP) is -3.61. The molecule has 3 heterocycles. The number of hydrogen-bond acceptors (Lipinski definition) is 9. The zero-order valence-corrected chi connectivity index (χ0v) is 13.4. The van der Waals surface area contributed by atoms with Crippen molar-refractivity contribution in [2.75, 3.05) is 6.61 Å². The van der Waals surface area contributed by atoms with Gasteiger partial charge in [-0.2, -0.15) is 0 Å². The smallest absolute Gasteiger partial charge is 0.355 e. The van der Waals surface area contributed by atoms with Crippen LogP contribution in [0.15, 0.2) is 37.5 Å². The number of nitrogens with zero attached hydrogens (tertiary/aromatic N) is 1. The van der Waals surface area contributed by atoms with Gasteiger partial charge in [0.15, 0.2) is 6.23 Å². The van der Waals surface area contributed by atoms with Crippen molar-refractivity contribution in [3.8, 4) is 0 Å². The molecule has 1 saturated heterocycles. The molecule has 144 valence electrons. The minimum Gasteiger partial charge on any atom is -0.458 e. The van der Waals surface area contributed by atoms with Crippen LogP contribution in [0.1, 0.15) is 16.7 Å². The molecule has 0 bridgehead atoms. The lowest BCUT2D eigenvalue weighted by atomic mass is 10.1. The molecule has 2 aromatic rings. The highest BCUT2D eigenvalue weighted by molar-refractivity contribution is 5.86. The Hall–Kier alpha value is -3.29. The summed E-state index contributed by atoms with van der Waals surface area (Å²) >= 11 is 0. The molecule has 5 N–H and O–H groups in total. The fourth-order valence-corrected chi connectivity index (χ4v) is 2.54. The number of aromatic nitrogens is 4. The third kappa shape index (κ3) is 3.79. The van der Waals surface area contributed by atoms with Gasteiger partial charge < -0.3 is 24.7 Å². The molecule has 13 heteroatoms. The number of aromatic amines is 3. The molecule has 0 aliphatic carbocycles. The quantitative estimate of drug-likeness (QED) is 0.332. The summed E-state index contributed by atoms with van der Waals surface area (Å²) in [6, 6.07) is 1.84. The molecule has 0 spiro atoms. The van der Waals surface area contributed by atoms with Gasteiger partial charge in [0.05, 0.1) is 0 Å². The predicted molar refractivity (Wildman–Crippen MR) is 85.2 cm³/mol. The minimum atomic E-state index is -1.54. The molecule has 1 fully saturated rings. The second-order valence-electron chi connectivity index (χ2n) is 5.66. The normalized spacial score (nSPS) is 24.7. The summed E-state index contributed by atoms with van der Waals surface area (Å²) < 4.78 is 11.1. The van der Waals surface area contributed by atoms with Crippen molar-refractivity contribution in [2.24, 2.45) is 0 Å². The highest BCUT2D eigenvalue weighted by atomic mass is 16.6. The van der Waals surface area contributed by atoms with Gasteiger partial charge in [-0.25, -0.2) is 14.4 Å². The molecule has 0 amide bonds. The molecule has 3 rings (SSSR count). The first kappa shape index (κ1) is 18.5. The van der Waals surface area contributed by atoms with E-state index >= 15 is 0 Å². The number of aliphatic hydroxyl groups excluding tert-OH is 2. The van der Waals surface area contributed by atoms with Gasteiger partial charge >= 0.3 is 17.3 Å². The zero-order chi connectivity index (χ0) is 19.7. The number of carbonyl (C=O) groups excluding carboxylic acids is 1. The highest BCUT2D eigenvalue weighted by Gasteiger charge is 2.44. The van der Waals surface area contributed by atoms with Crippen LogP contribution in [-0.4, -0.2) is 60.6 Å². The molecule has 2 aromatic heterocycles. The van der Waals surface area contributed by atoms with Crippen LogP contribution >= 0.6 is 0 Å². The fourth-order valence-electron chi connectivity index (χ4n) is 2.54. The number of ether oxygens (including phenoxy) is 2. The average Bonchev–Trinajstić information content (AvgIpc) is 2.87. The molecule has 4 atom stereocenters. The summed E-state index contributed by atoms with van der Waals surface area (Å²) in [5.41, 5.74) is -3.64. The Balaban J connectivity index is 1.71. The van der Waals surface area contributed by atoms with E-state index in [0.29, 0.717) is 0 Å². The molecule has 1 aliphatic heterocycles. The maximum Gasteiger partial charge on any atom is 0.355 e. The molecular formula is C14H14N4O9. The second kappa shape index (κ2) is 7.14. The molecule has 13 nitrogen and oxygen atoms in total. The Morgan fingerprint density at radius 3 is 2.52 bits per heavy atom. The SMILES string of the molecule is O=C(OC[C@H]1O[C@@H](n2ccc(=O)[nH]c2=O)[C@H](O)[C@@H]1O)c1cc(=O)[nH]c(=O)[nH]1. The first-order chi connectivity index (χ1) is 12.8. The number of nitrogens with one attached hydrogen (secondary N) is 3. The van der Waals surface area contributed by atoms with Gasteiger partial charge in [-0.1, -0.05) is 0 Å². The standard InChI is InChI=1S/C14H14N4O9/c19-7-1-2-18(14(25)17-7)11-10(22)9(21)6(27-11)4-26-12(23)5-3-8(20)16-13(24)15-5/h1-3,6,9-11,21-22H,4H2,(H,17,19,25)(H2,15,16,20,24)/t6-,9-,10-,11-/m1/s1. The Kier molecular flexibility index (Phi) is 4.89. The zero-order valence-electron chi connectivity index (χ0n) is 13.4. The number of H-pyrrole nitrogens is 3. The second-order valence-corrected chi connectivity index (χ2v) is 5.66. The molecule has 1 aliphatic rings. The summed E-state index contributed by atoms with van der Waals surface area (Å²) in [6.07, 6.45) is -4.51. The van der Waals surface area contributed by atoms with E-state index in [1.54, 1.807) is 0 Å². The first-order valence-electron chi connectivity index (χ1n) is 7.60. The van der Waals surface area contributed by atoms with Crippen molar-refractivity contribution >= 4 is 5.97 Å². The van der Waals surface area contributed by atoms with Crippen LogP contribution in [0, 0.1) is 0 Å². The number of carbonyl (C=O) groups is 1. The molecule has 0 aromatic carbocycles. The van der Waals surface area contributed by atoms with Crippen LogP contribution < -0.4 is 22.5 Å². The van der Waals surface area contributed by atoms with E-state index < -0.39 is 65.3 Å². The van der Waals surface area contributed by atoms with Gasteiger partial charge in [0.1, 0.15) is 30.6 Å². The van der Waals surface area contributed by atoms with E-state index in [1.165, 1.54) is 0 Å². The molecule has 0 saturated carbocycles. The van der Waals surface area contributed by atoms with E-state index in [0.717, 1.165) is 22.9 Å². The largest absolute Gasteiger partial charge is 0.458 e. The van der Waals surface area contributed by atoms with Crippen molar-refractivity contribution in [1.82, 2.24) is 19.5 Å². The van der Waals surface area contributed by atoms with Gasteiger partial charge in [0, 0.05) is 18.3 Å². The van der Waals surface area contributed by atoms with Gasteiger partial charge in [-0.15, -0.1) is 0 Å². The topological polar surface area (TPSA) is 197 Å². The van der Waals surface area contributed by atoms with Crippen molar-refractivity contribution < 1.29 is 24.5 Å². The highest BCUT2D eigenvalue weighted by Crippen LogP contribution is 2.28. The maximum atomic E-state index is 11.9. The maximum absolute atomic E-state index is 11.9. The summed E-state index contributed by atoms with van der Waals surface area (Å²) in [5.74, 6) is -1.06. The molecular weight excluding hydrogens is 368 g/mol. The lowest BCUT2D eigenvalue weighted by Gasteiger charge is -2.16. The average molecular weight is 382 g/mol. The fraction of sp³-hybridized carbons (Fsp3) is 0.357. The van der Waals surface area contributed by atoms with Gasteiger partial charge in [-0.3, -0.25) is 24.1 Å². The molecule has 27 heavy (non-hydrogen) atoms. The first-order valence-corrected chi connectivity index (χ1v) is 7.60. The van der Waals surface area contributed by atoms with E-state index in [4.69, 9.17) is 9.47 Å².